The minimum atomic E-state index is -0.540. The molecule has 2 aromatic rings. The number of carbonyl (C=O) groups is 2. The standard InChI is InChI=1S/C18H23FN4O3/c1-18(2,3)26-17(25)21-11-4-10-20-16(24)15-9-12-23(22-15)14-7-5-13(19)6-8-14/h5-9,12H,4,10-11H2,1-3H3,(H,20,24)(H,21,25). The Morgan fingerprint density at radius 1 is 1.12 bits per heavy atom. The molecule has 2 N–H and O–H groups in total. The van der Waals surface area contributed by atoms with Gasteiger partial charge in [0.15, 0.2) is 5.69 Å². The maximum atomic E-state index is 12.9. The van der Waals surface area contributed by atoms with Crippen LogP contribution in [-0.2, 0) is 4.74 Å². The van der Waals surface area contributed by atoms with E-state index in [1.54, 1.807) is 45.2 Å². The lowest BCUT2D eigenvalue weighted by molar-refractivity contribution is 0.0527. The summed E-state index contributed by atoms with van der Waals surface area (Å²) < 4.78 is 19.6. The zero-order chi connectivity index (χ0) is 19.2. The summed E-state index contributed by atoms with van der Waals surface area (Å²) in [7, 11) is 0. The molecule has 0 aliphatic carbocycles. The van der Waals surface area contributed by atoms with Crippen molar-refractivity contribution in [3.05, 3.63) is 48.0 Å². The Morgan fingerprint density at radius 2 is 1.77 bits per heavy atom. The molecule has 1 heterocycles. The number of aromatic nitrogens is 2. The van der Waals surface area contributed by atoms with Gasteiger partial charge in [-0.3, -0.25) is 4.79 Å². The van der Waals surface area contributed by atoms with Crippen molar-refractivity contribution >= 4 is 12.0 Å². The van der Waals surface area contributed by atoms with E-state index in [0.29, 0.717) is 25.2 Å². The van der Waals surface area contributed by atoms with Crippen molar-refractivity contribution in [1.29, 1.82) is 0 Å². The number of benzene rings is 1. The first-order valence-electron chi connectivity index (χ1n) is 8.31. The van der Waals surface area contributed by atoms with Crippen LogP contribution >= 0.6 is 0 Å². The van der Waals surface area contributed by atoms with Gasteiger partial charge in [-0.25, -0.2) is 13.9 Å². The van der Waals surface area contributed by atoms with Crippen LogP contribution in [0.3, 0.4) is 0 Å². The summed E-state index contributed by atoms with van der Waals surface area (Å²) in [4.78, 5) is 23.5. The van der Waals surface area contributed by atoms with Crippen LogP contribution in [-0.4, -0.2) is 40.5 Å². The van der Waals surface area contributed by atoms with Crippen molar-refractivity contribution in [3.8, 4) is 5.69 Å². The zero-order valence-electron chi connectivity index (χ0n) is 15.1. The second kappa shape index (κ2) is 8.46. The van der Waals surface area contributed by atoms with Crippen LogP contribution in [0.5, 0.6) is 0 Å². The van der Waals surface area contributed by atoms with E-state index in [1.165, 1.54) is 16.8 Å². The van der Waals surface area contributed by atoms with E-state index in [-0.39, 0.29) is 17.4 Å². The van der Waals surface area contributed by atoms with Gasteiger partial charge in [-0.1, -0.05) is 0 Å². The first-order valence-corrected chi connectivity index (χ1v) is 8.31. The highest BCUT2D eigenvalue weighted by Gasteiger charge is 2.15. The SMILES string of the molecule is CC(C)(C)OC(=O)NCCCNC(=O)c1ccn(-c2ccc(F)cc2)n1. The summed E-state index contributed by atoms with van der Waals surface area (Å²) in [6, 6.07) is 7.39. The van der Waals surface area contributed by atoms with E-state index in [4.69, 9.17) is 4.74 Å². The van der Waals surface area contributed by atoms with Gasteiger partial charge in [0.1, 0.15) is 11.4 Å². The minimum Gasteiger partial charge on any atom is -0.444 e. The number of hydrogen-bond donors (Lipinski definition) is 2. The maximum Gasteiger partial charge on any atom is 0.407 e. The van der Waals surface area contributed by atoms with Crippen molar-refractivity contribution in [3.63, 3.8) is 0 Å². The number of nitrogens with one attached hydrogen (secondary N) is 2. The fourth-order valence-corrected chi connectivity index (χ4v) is 2.07. The molecule has 0 radical (unpaired) electrons. The number of rotatable bonds is 6. The maximum absolute atomic E-state index is 12.9. The van der Waals surface area contributed by atoms with Crippen LogP contribution in [0.4, 0.5) is 9.18 Å². The molecule has 0 aliphatic rings. The summed E-state index contributed by atoms with van der Waals surface area (Å²) in [5.74, 6) is -0.651. The molecule has 8 heteroatoms. The molecule has 0 spiro atoms. The average molecular weight is 362 g/mol. The highest BCUT2D eigenvalue weighted by Crippen LogP contribution is 2.09. The number of nitrogens with zero attached hydrogens (tertiary/aromatic N) is 2. The summed E-state index contributed by atoms with van der Waals surface area (Å²) >= 11 is 0. The van der Waals surface area contributed by atoms with Gasteiger partial charge in [0.05, 0.1) is 5.69 Å². The van der Waals surface area contributed by atoms with Crippen molar-refractivity contribution in [2.24, 2.45) is 0 Å². The van der Waals surface area contributed by atoms with E-state index in [0.717, 1.165) is 0 Å². The molecule has 0 atom stereocenters. The second-order valence-corrected chi connectivity index (χ2v) is 6.66. The highest BCUT2D eigenvalue weighted by atomic mass is 19.1. The van der Waals surface area contributed by atoms with Crippen LogP contribution < -0.4 is 10.6 Å². The minimum absolute atomic E-state index is 0.259. The molecule has 2 rings (SSSR count). The van der Waals surface area contributed by atoms with Crippen molar-refractivity contribution < 1.29 is 18.7 Å². The third-order valence-electron chi connectivity index (χ3n) is 3.22. The molecule has 26 heavy (non-hydrogen) atoms. The monoisotopic (exact) mass is 362 g/mol. The molecule has 0 saturated carbocycles. The first-order chi connectivity index (χ1) is 12.2. The summed E-state index contributed by atoms with van der Waals surface area (Å²) in [6.45, 7) is 6.14. The number of hydrogen-bond acceptors (Lipinski definition) is 4. The lowest BCUT2D eigenvalue weighted by atomic mass is 10.2. The van der Waals surface area contributed by atoms with Gasteiger partial charge in [0, 0.05) is 19.3 Å². The molecule has 1 aromatic heterocycles. The van der Waals surface area contributed by atoms with E-state index in [9.17, 15) is 14.0 Å². The smallest absolute Gasteiger partial charge is 0.407 e. The third-order valence-corrected chi connectivity index (χ3v) is 3.22. The Bertz CT molecular complexity index is 751. The quantitative estimate of drug-likeness (QED) is 0.774. The Morgan fingerprint density at radius 3 is 2.42 bits per heavy atom. The number of alkyl carbamates (subject to hydrolysis) is 1. The Kier molecular flexibility index (Phi) is 6.32. The lowest BCUT2D eigenvalue weighted by Crippen LogP contribution is -2.34. The normalized spacial score (nSPS) is 11.1. The van der Waals surface area contributed by atoms with Crippen LogP contribution in [0.1, 0.15) is 37.7 Å². The highest BCUT2D eigenvalue weighted by molar-refractivity contribution is 5.92. The molecule has 140 valence electrons. The molecule has 0 saturated heterocycles. The fourth-order valence-electron chi connectivity index (χ4n) is 2.07. The topological polar surface area (TPSA) is 85.3 Å². The second-order valence-electron chi connectivity index (χ2n) is 6.66. The van der Waals surface area contributed by atoms with Crippen LogP contribution in [0.25, 0.3) is 5.69 Å². The molecule has 0 aliphatic heterocycles. The molecule has 7 nitrogen and oxygen atoms in total. The van der Waals surface area contributed by atoms with Gasteiger partial charge in [0.2, 0.25) is 0 Å². The summed E-state index contributed by atoms with van der Waals surface area (Å²) in [5, 5.41) is 9.52. The summed E-state index contributed by atoms with van der Waals surface area (Å²) in [5.41, 5.74) is 0.378. The fraction of sp³-hybridized carbons (Fsp3) is 0.389. The number of amides is 2. The molecule has 1 aromatic carbocycles. The van der Waals surface area contributed by atoms with Gasteiger partial charge in [-0.2, -0.15) is 5.10 Å². The number of ether oxygens (including phenoxy) is 1. The lowest BCUT2D eigenvalue weighted by Gasteiger charge is -2.19. The van der Waals surface area contributed by atoms with Crippen LogP contribution in [0.2, 0.25) is 0 Å². The molecule has 2 amide bonds. The third kappa shape index (κ3) is 6.19. The molecular formula is C18H23FN4O3. The molecule has 0 fully saturated rings. The van der Waals surface area contributed by atoms with Crippen LogP contribution in [0.15, 0.2) is 36.5 Å². The Labute approximate surface area is 151 Å². The van der Waals surface area contributed by atoms with Gasteiger partial charge in [-0.05, 0) is 57.5 Å². The first kappa shape index (κ1) is 19.4. The Hall–Kier alpha value is -2.90. The van der Waals surface area contributed by atoms with E-state index >= 15 is 0 Å². The van der Waals surface area contributed by atoms with E-state index in [1.807, 2.05) is 0 Å². The van der Waals surface area contributed by atoms with Crippen molar-refractivity contribution in [2.75, 3.05) is 13.1 Å². The van der Waals surface area contributed by atoms with Gasteiger partial charge in [0.25, 0.3) is 5.91 Å². The van der Waals surface area contributed by atoms with E-state index in [2.05, 4.69) is 15.7 Å². The van der Waals surface area contributed by atoms with Gasteiger partial charge in [-0.15, -0.1) is 0 Å². The zero-order valence-corrected chi connectivity index (χ0v) is 15.1. The molecule has 0 bridgehead atoms. The molecular weight excluding hydrogens is 339 g/mol. The van der Waals surface area contributed by atoms with Crippen molar-refractivity contribution in [1.82, 2.24) is 20.4 Å². The Balaban J connectivity index is 1.73. The number of halogens is 1. The molecule has 0 unspecified atom stereocenters. The largest absolute Gasteiger partial charge is 0.444 e. The average Bonchev–Trinajstić information content (AvgIpc) is 3.03. The van der Waals surface area contributed by atoms with Crippen molar-refractivity contribution in [2.45, 2.75) is 32.8 Å². The van der Waals surface area contributed by atoms with Gasteiger partial charge >= 0.3 is 6.09 Å². The predicted octanol–water partition coefficient (Wildman–Crippen LogP) is 2.66. The van der Waals surface area contributed by atoms with Crippen LogP contribution in [0, 0.1) is 5.82 Å². The predicted molar refractivity (Wildman–Crippen MR) is 94.7 cm³/mol. The van der Waals surface area contributed by atoms with E-state index < -0.39 is 11.7 Å². The van der Waals surface area contributed by atoms with Gasteiger partial charge < -0.3 is 15.4 Å². The number of carbonyl (C=O) groups excluding carboxylic acids is 2. The summed E-state index contributed by atoms with van der Waals surface area (Å²) in [6.07, 6.45) is 1.71.